The summed E-state index contributed by atoms with van der Waals surface area (Å²) < 4.78 is 70.4. The van der Waals surface area contributed by atoms with Crippen molar-refractivity contribution in [3.63, 3.8) is 0 Å². The highest BCUT2D eigenvalue weighted by Gasteiger charge is 2.24. The summed E-state index contributed by atoms with van der Waals surface area (Å²) in [7, 11) is -4.28. The number of para-hydroxylation sites is 2. The molecule has 0 aliphatic heterocycles. The molecule has 0 spiro atoms. The number of halogens is 3. The standard InChI is InChI=1S/C21H16F3N3O2S/c22-15-7-5-14(6-8-15)20(12-27-13-25-19-3-1-2-4-21(19)27)26-30(28,29)18-10-16(23)9-17(24)11-18/h1-11,13,20,26H,12H2. The Labute approximate surface area is 170 Å². The van der Waals surface area contributed by atoms with E-state index in [1.165, 1.54) is 24.3 Å². The Morgan fingerprint density at radius 1 is 0.900 bits per heavy atom. The van der Waals surface area contributed by atoms with Crippen LogP contribution in [0.1, 0.15) is 11.6 Å². The first-order valence-corrected chi connectivity index (χ1v) is 10.4. The third-order valence-corrected chi connectivity index (χ3v) is 6.07. The van der Waals surface area contributed by atoms with Gasteiger partial charge in [-0.1, -0.05) is 24.3 Å². The van der Waals surface area contributed by atoms with Crippen LogP contribution in [0.2, 0.25) is 0 Å². The second-order valence-corrected chi connectivity index (χ2v) is 8.43. The fourth-order valence-corrected chi connectivity index (χ4v) is 4.45. The molecule has 0 bridgehead atoms. The highest BCUT2D eigenvalue weighted by atomic mass is 32.2. The van der Waals surface area contributed by atoms with Gasteiger partial charge in [-0.05, 0) is 42.0 Å². The van der Waals surface area contributed by atoms with E-state index in [0.717, 1.165) is 23.2 Å². The van der Waals surface area contributed by atoms with Gasteiger partial charge in [0.05, 0.1) is 28.3 Å². The summed E-state index contributed by atoms with van der Waals surface area (Å²) in [6, 6.07) is 13.9. The number of aromatic nitrogens is 2. The van der Waals surface area contributed by atoms with Gasteiger partial charge < -0.3 is 4.57 Å². The van der Waals surface area contributed by atoms with Gasteiger partial charge in [0, 0.05) is 12.6 Å². The third kappa shape index (κ3) is 4.22. The summed E-state index contributed by atoms with van der Waals surface area (Å²) in [5.74, 6) is -2.48. The molecule has 5 nitrogen and oxygen atoms in total. The maximum atomic E-state index is 13.6. The fraction of sp³-hybridized carbons (Fsp3) is 0.0952. The van der Waals surface area contributed by atoms with E-state index in [-0.39, 0.29) is 6.54 Å². The molecule has 9 heteroatoms. The minimum absolute atomic E-state index is 0.128. The molecule has 1 N–H and O–H groups in total. The largest absolute Gasteiger partial charge is 0.329 e. The molecule has 1 unspecified atom stereocenters. The number of hydrogen-bond donors (Lipinski definition) is 1. The van der Waals surface area contributed by atoms with Crippen LogP contribution in [0.15, 0.2) is 78.0 Å². The van der Waals surface area contributed by atoms with Gasteiger partial charge in [0.2, 0.25) is 10.0 Å². The number of rotatable bonds is 6. The lowest BCUT2D eigenvalue weighted by Gasteiger charge is -2.20. The van der Waals surface area contributed by atoms with E-state index in [9.17, 15) is 21.6 Å². The molecular weight excluding hydrogens is 415 g/mol. The summed E-state index contributed by atoms with van der Waals surface area (Å²) >= 11 is 0. The molecule has 154 valence electrons. The van der Waals surface area contributed by atoms with Crippen molar-refractivity contribution < 1.29 is 21.6 Å². The summed E-state index contributed by atoms with van der Waals surface area (Å²) in [5.41, 5.74) is 1.99. The van der Waals surface area contributed by atoms with Gasteiger partial charge in [0.1, 0.15) is 17.5 Å². The first-order chi connectivity index (χ1) is 14.3. The summed E-state index contributed by atoms with van der Waals surface area (Å²) in [4.78, 5) is 3.74. The lowest BCUT2D eigenvalue weighted by molar-refractivity contribution is 0.512. The number of benzene rings is 3. The molecule has 1 aromatic heterocycles. The highest BCUT2D eigenvalue weighted by Crippen LogP contribution is 2.23. The van der Waals surface area contributed by atoms with Gasteiger partial charge in [-0.15, -0.1) is 0 Å². The molecule has 30 heavy (non-hydrogen) atoms. The van der Waals surface area contributed by atoms with Crippen LogP contribution < -0.4 is 4.72 Å². The fourth-order valence-electron chi connectivity index (χ4n) is 3.20. The second-order valence-electron chi connectivity index (χ2n) is 6.72. The maximum Gasteiger partial charge on any atom is 0.241 e. The average molecular weight is 431 g/mol. The van der Waals surface area contributed by atoms with E-state index in [0.29, 0.717) is 11.6 Å². The third-order valence-electron chi connectivity index (χ3n) is 4.62. The Hall–Kier alpha value is -3.17. The zero-order valence-corrected chi connectivity index (χ0v) is 16.3. The maximum absolute atomic E-state index is 13.6. The molecule has 3 aromatic carbocycles. The van der Waals surface area contributed by atoms with E-state index in [1.807, 2.05) is 24.3 Å². The molecule has 0 saturated carbocycles. The molecule has 4 aromatic rings. The highest BCUT2D eigenvalue weighted by molar-refractivity contribution is 7.89. The monoisotopic (exact) mass is 431 g/mol. The number of nitrogens with one attached hydrogen (secondary N) is 1. The van der Waals surface area contributed by atoms with Crippen molar-refractivity contribution in [2.24, 2.45) is 0 Å². The van der Waals surface area contributed by atoms with E-state index in [1.54, 1.807) is 10.9 Å². The second kappa shape index (κ2) is 7.92. The lowest BCUT2D eigenvalue weighted by atomic mass is 10.1. The summed E-state index contributed by atoms with van der Waals surface area (Å²) in [6.45, 7) is 0.128. The average Bonchev–Trinajstić information content (AvgIpc) is 3.10. The van der Waals surface area contributed by atoms with Crippen LogP contribution in [-0.4, -0.2) is 18.0 Å². The normalized spacial score (nSPS) is 12.9. The van der Waals surface area contributed by atoms with Gasteiger partial charge in [0.15, 0.2) is 0 Å². The lowest BCUT2D eigenvalue weighted by Crippen LogP contribution is -2.31. The van der Waals surface area contributed by atoms with Crippen molar-refractivity contribution in [3.8, 4) is 0 Å². The molecule has 0 amide bonds. The van der Waals surface area contributed by atoms with Crippen LogP contribution in [0, 0.1) is 17.5 Å². The van der Waals surface area contributed by atoms with Gasteiger partial charge in [-0.3, -0.25) is 0 Å². The Morgan fingerprint density at radius 2 is 1.57 bits per heavy atom. The zero-order chi connectivity index (χ0) is 21.3. The van der Waals surface area contributed by atoms with Crippen LogP contribution in [-0.2, 0) is 16.6 Å². The van der Waals surface area contributed by atoms with Gasteiger partial charge in [0.25, 0.3) is 0 Å². The molecule has 4 rings (SSSR count). The number of fused-ring (bicyclic) bond motifs is 1. The minimum atomic E-state index is -4.28. The predicted octanol–water partition coefficient (Wildman–Crippen LogP) is 4.17. The summed E-state index contributed by atoms with van der Waals surface area (Å²) in [5, 5.41) is 0. The first-order valence-electron chi connectivity index (χ1n) is 8.95. The van der Waals surface area contributed by atoms with Gasteiger partial charge in [-0.2, -0.15) is 0 Å². The van der Waals surface area contributed by atoms with Crippen LogP contribution in [0.3, 0.4) is 0 Å². The molecule has 1 heterocycles. The van der Waals surface area contributed by atoms with Gasteiger partial charge >= 0.3 is 0 Å². The first kappa shape index (κ1) is 20.1. The van der Waals surface area contributed by atoms with E-state index in [4.69, 9.17) is 0 Å². The Bertz CT molecular complexity index is 1280. The van der Waals surface area contributed by atoms with Crippen LogP contribution in [0.25, 0.3) is 11.0 Å². The van der Waals surface area contributed by atoms with Crippen LogP contribution >= 0.6 is 0 Å². The smallest absolute Gasteiger partial charge is 0.241 e. The number of nitrogens with zero attached hydrogens (tertiary/aromatic N) is 2. The van der Waals surface area contributed by atoms with Crippen LogP contribution in [0.5, 0.6) is 0 Å². The number of hydrogen-bond acceptors (Lipinski definition) is 3. The zero-order valence-electron chi connectivity index (χ0n) is 15.5. The summed E-state index contributed by atoms with van der Waals surface area (Å²) in [6.07, 6.45) is 1.57. The quantitative estimate of drug-likeness (QED) is 0.498. The van der Waals surface area contributed by atoms with E-state index < -0.39 is 38.4 Å². The van der Waals surface area contributed by atoms with Crippen molar-refractivity contribution >= 4 is 21.1 Å². The molecular formula is C21H16F3N3O2S. The van der Waals surface area contributed by atoms with Crippen molar-refractivity contribution in [2.75, 3.05) is 0 Å². The topological polar surface area (TPSA) is 64.0 Å². The number of sulfonamides is 1. The predicted molar refractivity (Wildman–Crippen MR) is 106 cm³/mol. The molecule has 0 aliphatic rings. The number of imidazole rings is 1. The van der Waals surface area contributed by atoms with Crippen molar-refractivity contribution in [2.45, 2.75) is 17.5 Å². The SMILES string of the molecule is O=S(=O)(NC(Cn1cnc2ccccc21)c1ccc(F)cc1)c1cc(F)cc(F)c1. The van der Waals surface area contributed by atoms with Crippen molar-refractivity contribution in [3.05, 3.63) is 96.1 Å². The van der Waals surface area contributed by atoms with Crippen molar-refractivity contribution in [1.29, 1.82) is 0 Å². The molecule has 0 radical (unpaired) electrons. The Morgan fingerprint density at radius 3 is 2.27 bits per heavy atom. The van der Waals surface area contributed by atoms with Crippen LogP contribution in [0.4, 0.5) is 13.2 Å². The van der Waals surface area contributed by atoms with Gasteiger partial charge in [-0.25, -0.2) is 31.3 Å². The minimum Gasteiger partial charge on any atom is -0.329 e. The Kier molecular flexibility index (Phi) is 5.31. The molecule has 0 aliphatic carbocycles. The molecule has 0 saturated heterocycles. The van der Waals surface area contributed by atoms with E-state index in [2.05, 4.69) is 9.71 Å². The molecule has 1 atom stereocenters. The van der Waals surface area contributed by atoms with Crippen molar-refractivity contribution in [1.82, 2.24) is 14.3 Å². The molecule has 0 fully saturated rings. The Balaban J connectivity index is 1.72. The van der Waals surface area contributed by atoms with E-state index >= 15 is 0 Å².